The number of halogens is 1. The SMILES string of the molecule is COCc1nc(Cl)cc(N2CCCC2CO)n1. The Balaban J connectivity index is 2.24. The van der Waals surface area contributed by atoms with E-state index < -0.39 is 0 Å². The zero-order valence-corrected chi connectivity index (χ0v) is 10.5. The normalized spacial score (nSPS) is 19.9. The molecule has 0 amide bonds. The molecule has 0 spiro atoms. The minimum atomic E-state index is 0.136. The van der Waals surface area contributed by atoms with Crippen LogP contribution in [0.3, 0.4) is 0 Å². The summed E-state index contributed by atoms with van der Waals surface area (Å²) in [6.07, 6.45) is 2.05. The molecule has 0 bridgehead atoms. The number of anilines is 1. The van der Waals surface area contributed by atoms with E-state index in [4.69, 9.17) is 16.3 Å². The van der Waals surface area contributed by atoms with Gasteiger partial charge in [-0.15, -0.1) is 0 Å². The Labute approximate surface area is 105 Å². The second kappa shape index (κ2) is 5.62. The molecule has 0 aliphatic carbocycles. The first-order chi connectivity index (χ1) is 8.24. The van der Waals surface area contributed by atoms with E-state index in [1.807, 2.05) is 0 Å². The number of nitrogens with zero attached hydrogens (tertiary/aromatic N) is 3. The summed E-state index contributed by atoms with van der Waals surface area (Å²) in [5.41, 5.74) is 0. The van der Waals surface area contributed by atoms with Crippen LogP contribution in [0.5, 0.6) is 0 Å². The van der Waals surface area contributed by atoms with Gasteiger partial charge >= 0.3 is 0 Å². The van der Waals surface area contributed by atoms with Gasteiger partial charge in [0.15, 0.2) is 5.82 Å². The molecule has 17 heavy (non-hydrogen) atoms. The third kappa shape index (κ3) is 2.86. The molecule has 1 N–H and O–H groups in total. The first kappa shape index (κ1) is 12.5. The average Bonchev–Trinajstić information content (AvgIpc) is 2.76. The number of hydrogen-bond donors (Lipinski definition) is 1. The molecule has 1 aromatic rings. The lowest BCUT2D eigenvalue weighted by Crippen LogP contribution is -2.33. The van der Waals surface area contributed by atoms with Crippen LogP contribution in [0.15, 0.2) is 6.07 Å². The quantitative estimate of drug-likeness (QED) is 0.823. The lowest BCUT2D eigenvalue weighted by Gasteiger charge is -2.24. The van der Waals surface area contributed by atoms with Crippen molar-refractivity contribution in [3.63, 3.8) is 0 Å². The van der Waals surface area contributed by atoms with Gasteiger partial charge in [-0.25, -0.2) is 9.97 Å². The monoisotopic (exact) mass is 257 g/mol. The van der Waals surface area contributed by atoms with E-state index in [0.717, 1.165) is 25.2 Å². The maximum Gasteiger partial charge on any atom is 0.158 e. The highest BCUT2D eigenvalue weighted by molar-refractivity contribution is 6.29. The highest BCUT2D eigenvalue weighted by Gasteiger charge is 2.25. The van der Waals surface area contributed by atoms with Gasteiger partial charge in [-0.1, -0.05) is 11.6 Å². The zero-order chi connectivity index (χ0) is 12.3. The summed E-state index contributed by atoms with van der Waals surface area (Å²) >= 11 is 5.96. The fraction of sp³-hybridized carbons (Fsp3) is 0.636. The Morgan fingerprint density at radius 3 is 3.12 bits per heavy atom. The summed E-state index contributed by atoms with van der Waals surface area (Å²) in [4.78, 5) is 10.6. The Bertz CT molecular complexity index is 389. The van der Waals surface area contributed by atoms with Gasteiger partial charge in [-0.2, -0.15) is 0 Å². The van der Waals surface area contributed by atoms with Crippen LogP contribution in [-0.4, -0.2) is 41.4 Å². The number of aliphatic hydroxyl groups is 1. The third-order valence-electron chi connectivity index (χ3n) is 2.88. The molecule has 0 saturated carbocycles. The van der Waals surface area contributed by atoms with Crippen LogP contribution in [0.25, 0.3) is 0 Å². The topological polar surface area (TPSA) is 58.5 Å². The van der Waals surface area contributed by atoms with Crippen LogP contribution in [0, 0.1) is 0 Å². The molecule has 5 nitrogen and oxygen atoms in total. The van der Waals surface area contributed by atoms with Crippen molar-refractivity contribution >= 4 is 17.4 Å². The Morgan fingerprint density at radius 2 is 2.41 bits per heavy atom. The van der Waals surface area contributed by atoms with Crippen LogP contribution < -0.4 is 4.90 Å². The summed E-state index contributed by atoms with van der Waals surface area (Å²) < 4.78 is 5.00. The Kier molecular flexibility index (Phi) is 4.15. The number of aromatic nitrogens is 2. The molecule has 2 heterocycles. The number of rotatable bonds is 4. The highest BCUT2D eigenvalue weighted by Crippen LogP contribution is 2.25. The lowest BCUT2D eigenvalue weighted by atomic mass is 10.2. The van der Waals surface area contributed by atoms with Crippen LogP contribution in [-0.2, 0) is 11.3 Å². The van der Waals surface area contributed by atoms with E-state index in [9.17, 15) is 5.11 Å². The van der Waals surface area contributed by atoms with Crippen LogP contribution in [0.1, 0.15) is 18.7 Å². The summed E-state index contributed by atoms with van der Waals surface area (Å²) in [7, 11) is 1.59. The predicted molar refractivity (Wildman–Crippen MR) is 65.2 cm³/mol. The Morgan fingerprint density at radius 1 is 1.59 bits per heavy atom. The molecule has 0 aromatic carbocycles. The standard InChI is InChI=1S/C11H16ClN3O2/c1-17-7-10-13-9(12)5-11(14-10)15-4-2-3-8(15)6-16/h5,8,16H,2-4,6-7H2,1H3. The van der Waals surface area contributed by atoms with Crippen LogP contribution in [0.4, 0.5) is 5.82 Å². The second-order valence-corrected chi connectivity index (χ2v) is 4.46. The molecule has 1 unspecified atom stereocenters. The molecular weight excluding hydrogens is 242 g/mol. The maximum absolute atomic E-state index is 9.30. The summed E-state index contributed by atoms with van der Waals surface area (Å²) in [5, 5.41) is 9.70. The minimum Gasteiger partial charge on any atom is -0.394 e. The van der Waals surface area contributed by atoms with Crippen molar-refractivity contribution in [3.8, 4) is 0 Å². The van der Waals surface area contributed by atoms with Crippen LogP contribution >= 0.6 is 11.6 Å². The fourth-order valence-corrected chi connectivity index (χ4v) is 2.31. The van der Waals surface area contributed by atoms with Crippen molar-refractivity contribution in [1.29, 1.82) is 0 Å². The van der Waals surface area contributed by atoms with Crippen molar-refractivity contribution in [2.75, 3.05) is 25.2 Å². The number of aliphatic hydroxyl groups excluding tert-OH is 1. The summed E-state index contributed by atoms with van der Waals surface area (Å²) in [6.45, 7) is 1.37. The van der Waals surface area contributed by atoms with E-state index in [0.29, 0.717) is 17.6 Å². The van der Waals surface area contributed by atoms with Gasteiger partial charge in [0.25, 0.3) is 0 Å². The molecular formula is C11H16ClN3O2. The molecule has 2 rings (SSSR count). The molecule has 6 heteroatoms. The Hall–Kier alpha value is -0.910. The summed E-state index contributed by atoms with van der Waals surface area (Å²) in [6, 6.07) is 1.87. The molecule has 0 radical (unpaired) electrons. The van der Waals surface area contributed by atoms with Gasteiger partial charge in [0.1, 0.15) is 17.6 Å². The predicted octanol–water partition coefficient (Wildman–Crippen LogP) is 1.24. The van der Waals surface area contributed by atoms with E-state index in [1.165, 1.54) is 0 Å². The molecule has 1 aromatic heterocycles. The van der Waals surface area contributed by atoms with Crippen LogP contribution in [0.2, 0.25) is 5.15 Å². The largest absolute Gasteiger partial charge is 0.394 e. The van der Waals surface area contributed by atoms with Crippen molar-refractivity contribution in [3.05, 3.63) is 17.0 Å². The number of ether oxygens (including phenoxy) is 1. The lowest BCUT2D eigenvalue weighted by molar-refractivity contribution is 0.177. The fourth-order valence-electron chi connectivity index (χ4n) is 2.12. The van der Waals surface area contributed by atoms with Crippen molar-refractivity contribution < 1.29 is 9.84 Å². The molecule has 1 atom stereocenters. The van der Waals surface area contributed by atoms with Gasteiger partial charge in [0, 0.05) is 19.7 Å². The molecule has 1 saturated heterocycles. The average molecular weight is 258 g/mol. The van der Waals surface area contributed by atoms with Gasteiger partial charge in [-0.05, 0) is 12.8 Å². The van der Waals surface area contributed by atoms with E-state index >= 15 is 0 Å². The first-order valence-electron chi connectivity index (χ1n) is 5.64. The zero-order valence-electron chi connectivity index (χ0n) is 9.77. The van der Waals surface area contributed by atoms with Gasteiger partial charge in [0.2, 0.25) is 0 Å². The van der Waals surface area contributed by atoms with E-state index in [2.05, 4.69) is 14.9 Å². The van der Waals surface area contributed by atoms with Crippen molar-refractivity contribution in [2.45, 2.75) is 25.5 Å². The molecule has 1 aliphatic rings. The van der Waals surface area contributed by atoms with E-state index in [1.54, 1.807) is 13.2 Å². The van der Waals surface area contributed by atoms with Crippen molar-refractivity contribution in [1.82, 2.24) is 9.97 Å². The highest BCUT2D eigenvalue weighted by atomic mass is 35.5. The number of hydrogen-bond acceptors (Lipinski definition) is 5. The molecule has 94 valence electrons. The number of methoxy groups -OCH3 is 1. The summed E-state index contributed by atoms with van der Waals surface area (Å²) in [5.74, 6) is 1.34. The third-order valence-corrected chi connectivity index (χ3v) is 3.08. The molecule has 1 fully saturated rings. The first-order valence-corrected chi connectivity index (χ1v) is 6.02. The minimum absolute atomic E-state index is 0.136. The van der Waals surface area contributed by atoms with Gasteiger partial charge < -0.3 is 14.7 Å². The molecule has 1 aliphatic heterocycles. The maximum atomic E-state index is 9.30. The smallest absolute Gasteiger partial charge is 0.158 e. The van der Waals surface area contributed by atoms with Gasteiger partial charge in [0.05, 0.1) is 12.6 Å². The van der Waals surface area contributed by atoms with Gasteiger partial charge in [-0.3, -0.25) is 0 Å². The van der Waals surface area contributed by atoms with Crippen molar-refractivity contribution in [2.24, 2.45) is 0 Å². The second-order valence-electron chi connectivity index (χ2n) is 4.07. The van der Waals surface area contributed by atoms with E-state index in [-0.39, 0.29) is 12.6 Å².